The van der Waals surface area contributed by atoms with Crippen LogP contribution in [0.1, 0.15) is 21.6 Å². The molecule has 0 atom stereocenters. The molecule has 2 amide bonds. The van der Waals surface area contributed by atoms with Crippen molar-refractivity contribution in [3.05, 3.63) is 64.3 Å². The summed E-state index contributed by atoms with van der Waals surface area (Å²) < 4.78 is 0. The maximum absolute atomic E-state index is 12.9. The molecule has 7 heteroatoms. The molecule has 1 N–H and O–H groups in total. The number of rotatable bonds is 3. The van der Waals surface area contributed by atoms with Crippen LogP contribution in [0, 0.1) is 6.92 Å². The monoisotopic (exact) mass is 396 g/mol. The van der Waals surface area contributed by atoms with Crippen molar-refractivity contribution in [1.29, 1.82) is 0 Å². The number of H-pyrrole nitrogens is 1. The smallest absolute Gasteiger partial charge is 0.275 e. The Balaban J connectivity index is 1.39. The molecular weight excluding hydrogens is 376 g/mol. The summed E-state index contributed by atoms with van der Waals surface area (Å²) in [7, 11) is 0. The van der Waals surface area contributed by atoms with Gasteiger partial charge in [-0.3, -0.25) is 14.7 Å². The normalized spacial score (nSPS) is 14.5. The summed E-state index contributed by atoms with van der Waals surface area (Å²) >= 11 is 5.89. The van der Waals surface area contributed by atoms with E-state index in [1.54, 1.807) is 17.0 Å². The lowest BCUT2D eigenvalue weighted by Gasteiger charge is -2.34. The van der Waals surface area contributed by atoms with E-state index in [4.69, 9.17) is 11.6 Å². The highest BCUT2D eigenvalue weighted by Crippen LogP contribution is 2.20. The molecule has 144 valence electrons. The van der Waals surface area contributed by atoms with Crippen molar-refractivity contribution in [1.82, 2.24) is 20.0 Å². The number of halogens is 1. The quantitative estimate of drug-likeness (QED) is 0.739. The Hall–Kier alpha value is -2.86. The van der Waals surface area contributed by atoms with Gasteiger partial charge in [0.15, 0.2) is 5.69 Å². The second-order valence-corrected chi connectivity index (χ2v) is 7.53. The minimum atomic E-state index is -0.0957. The summed E-state index contributed by atoms with van der Waals surface area (Å²) in [5, 5.41) is 8.64. The second-order valence-electron chi connectivity index (χ2n) is 7.10. The van der Waals surface area contributed by atoms with E-state index < -0.39 is 0 Å². The Labute approximate surface area is 168 Å². The molecule has 6 nitrogen and oxygen atoms in total. The molecule has 4 rings (SSSR count). The third kappa shape index (κ3) is 3.73. The largest absolute Gasteiger partial charge is 0.339 e. The van der Waals surface area contributed by atoms with Crippen LogP contribution >= 0.6 is 11.6 Å². The Morgan fingerprint density at radius 3 is 2.43 bits per heavy atom. The Morgan fingerprint density at radius 1 is 1.04 bits per heavy atom. The lowest BCUT2D eigenvalue weighted by molar-refractivity contribution is -0.131. The first-order valence-electron chi connectivity index (χ1n) is 9.27. The summed E-state index contributed by atoms with van der Waals surface area (Å²) in [5.41, 5.74) is 3.32. The van der Waals surface area contributed by atoms with Gasteiger partial charge in [0.25, 0.3) is 5.91 Å². The lowest BCUT2D eigenvalue weighted by atomic mass is 10.1. The van der Waals surface area contributed by atoms with Crippen molar-refractivity contribution in [3.63, 3.8) is 0 Å². The van der Waals surface area contributed by atoms with E-state index in [-0.39, 0.29) is 11.8 Å². The van der Waals surface area contributed by atoms with Gasteiger partial charge < -0.3 is 9.80 Å². The first-order chi connectivity index (χ1) is 13.5. The first kappa shape index (κ1) is 18.5. The molecule has 1 aromatic heterocycles. The van der Waals surface area contributed by atoms with E-state index in [0.717, 1.165) is 22.0 Å². The third-order valence-electron chi connectivity index (χ3n) is 5.11. The number of aromatic nitrogens is 2. The van der Waals surface area contributed by atoms with Crippen LogP contribution in [-0.4, -0.2) is 58.0 Å². The fourth-order valence-corrected chi connectivity index (χ4v) is 3.61. The summed E-state index contributed by atoms with van der Waals surface area (Å²) in [5.74, 6) is -0.0306. The maximum Gasteiger partial charge on any atom is 0.275 e. The van der Waals surface area contributed by atoms with Crippen molar-refractivity contribution in [2.75, 3.05) is 26.2 Å². The van der Waals surface area contributed by atoms with E-state index in [9.17, 15) is 9.59 Å². The van der Waals surface area contributed by atoms with Crippen LogP contribution in [0.2, 0.25) is 5.02 Å². The van der Waals surface area contributed by atoms with E-state index in [0.29, 0.717) is 43.3 Å². The number of hydrogen-bond donors (Lipinski definition) is 1. The summed E-state index contributed by atoms with van der Waals surface area (Å²) in [6, 6.07) is 13.2. The van der Waals surface area contributed by atoms with Gasteiger partial charge in [-0.2, -0.15) is 5.10 Å². The van der Waals surface area contributed by atoms with Crippen LogP contribution in [0.3, 0.4) is 0 Å². The number of hydrogen-bond acceptors (Lipinski definition) is 3. The second kappa shape index (κ2) is 7.64. The molecule has 1 saturated heterocycles. The molecule has 0 spiro atoms. The van der Waals surface area contributed by atoms with Crippen molar-refractivity contribution >= 4 is 34.3 Å². The number of benzene rings is 2. The molecule has 2 aromatic carbocycles. The molecule has 1 fully saturated rings. The Kier molecular flexibility index (Phi) is 5.05. The average molecular weight is 397 g/mol. The van der Waals surface area contributed by atoms with Crippen LogP contribution in [0.25, 0.3) is 10.9 Å². The Bertz CT molecular complexity index is 1020. The number of aryl methyl sites for hydroxylation is 1. The molecule has 28 heavy (non-hydrogen) atoms. The molecular formula is C21H21ClN4O2. The van der Waals surface area contributed by atoms with Crippen molar-refractivity contribution in [2.45, 2.75) is 13.3 Å². The van der Waals surface area contributed by atoms with Crippen molar-refractivity contribution in [3.8, 4) is 0 Å². The number of nitrogens with zero attached hydrogens (tertiary/aromatic N) is 3. The minimum Gasteiger partial charge on any atom is -0.339 e. The van der Waals surface area contributed by atoms with Gasteiger partial charge in [0, 0.05) is 36.6 Å². The topological polar surface area (TPSA) is 69.3 Å². The summed E-state index contributed by atoms with van der Waals surface area (Å²) in [6.45, 7) is 4.06. The van der Waals surface area contributed by atoms with Crippen LogP contribution in [0.15, 0.2) is 42.5 Å². The Morgan fingerprint density at radius 2 is 1.71 bits per heavy atom. The predicted molar refractivity (Wildman–Crippen MR) is 108 cm³/mol. The van der Waals surface area contributed by atoms with Crippen LogP contribution in [-0.2, 0) is 11.2 Å². The highest BCUT2D eigenvalue weighted by atomic mass is 35.5. The third-order valence-corrected chi connectivity index (χ3v) is 5.36. The average Bonchev–Trinajstić information content (AvgIpc) is 3.12. The van der Waals surface area contributed by atoms with Gasteiger partial charge in [-0.25, -0.2) is 0 Å². The minimum absolute atomic E-state index is 0.0651. The molecule has 0 saturated carbocycles. The number of piperazine rings is 1. The van der Waals surface area contributed by atoms with Crippen molar-refractivity contribution in [2.24, 2.45) is 0 Å². The highest BCUT2D eigenvalue weighted by molar-refractivity contribution is 6.30. The zero-order chi connectivity index (χ0) is 19.7. The van der Waals surface area contributed by atoms with Gasteiger partial charge in [0.2, 0.25) is 5.91 Å². The number of nitrogens with one attached hydrogen (secondary N) is 1. The molecule has 0 radical (unpaired) electrons. The van der Waals surface area contributed by atoms with Gasteiger partial charge in [-0.1, -0.05) is 35.4 Å². The molecule has 1 aliphatic heterocycles. The fourth-order valence-electron chi connectivity index (χ4n) is 3.49. The lowest BCUT2D eigenvalue weighted by Crippen LogP contribution is -2.51. The number of carbonyl (C=O) groups excluding carboxylic acids is 2. The molecule has 1 aliphatic rings. The number of amides is 2. The molecule has 0 aliphatic carbocycles. The SMILES string of the molecule is Cc1ccc2[nH]nc(C(=O)N3CCN(C(=O)Cc4ccc(Cl)cc4)CC3)c2c1. The van der Waals surface area contributed by atoms with Gasteiger partial charge in [-0.15, -0.1) is 0 Å². The van der Waals surface area contributed by atoms with Gasteiger partial charge in [0.1, 0.15) is 0 Å². The molecule has 3 aromatic rings. The highest BCUT2D eigenvalue weighted by Gasteiger charge is 2.27. The van der Waals surface area contributed by atoms with Crippen LogP contribution in [0.5, 0.6) is 0 Å². The maximum atomic E-state index is 12.9. The molecule has 0 bridgehead atoms. The van der Waals surface area contributed by atoms with Gasteiger partial charge in [0.05, 0.1) is 11.9 Å². The summed E-state index contributed by atoms with van der Waals surface area (Å²) in [6.07, 6.45) is 0.342. The zero-order valence-electron chi connectivity index (χ0n) is 15.6. The standard InChI is InChI=1S/C21H21ClN4O2/c1-14-2-7-18-17(12-14)20(24-23-18)21(28)26-10-8-25(9-11-26)19(27)13-15-3-5-16(22)6-4-15/h2-7,12H,8-11,13H2,1H3,(H,23,24). The van der Waals surface area contributed by atoms with Gasteiger partial charge >= 0.3 is 0 Å². The number of fused-ring (bicyclic) bond motifs is 1. The van der Waals surface area contributed by atoms with E-state index in [1.165, 1.54) is 0 Å². The van der Waals surface area contributed by atoms with E-state index in [2.05, 4.69) is 10.2 Å². The van der Waals surface area contributed by atoms with E-state index in [1.807, 2.05) is 42.2 Å². The predicted octanol–water partition coefficient (Wildman–Crippen LogP) is 3.05. The van der Waals surface area contributed by atoms with E-state index >= 15 is 0 Å². The van der Waals surface area contributed by atoms with Crippen LogP contribution < -0.4 is 0 Å². The van der Waals surface area contributed by atoms with Crippen LogP contribution in [0.4, 0.5) is 0 Å². The summed E-state index contributed by atoms with van der Waals surface area (Å²) in [4.78, 5) is 29.0. The number of aromatic amines is 1. The van der Waals surface area contributed by atoms with Gasteiger partial charge in [-0.05, 0) is 36.8 Å². The molecule has 0 unspecified atom stereocenters. The first-order valence-corrected chi connectivity index (χ1v) is 9.65. The molecule has 2 heterocycles. The zero-order valence-corrected chi connectivity index (χ0v) is 16.4. The fraction of sp³-hybridized carbons (Fsp3) is 0.286. The number of carbonyl (C=O) groups is 2. The van der Waals surface area contributed by atoms with Crippen molar-refractivity contribution < 1.29 is 9.59 Å².